The zero-order valence-corrected chi connectivity index (χ0v) is 21.4. The summed E-state index contributed by atoms with van der Waals surface area (Å²) in [6.07, 6.45) is -2.50. The first-order valence-corrected chi connectivity index (χ1v) is 13.3. The van der Waals surface area contributed by atoms with Gasteiger partial charge in [0, 0.05) is 37.3 Å². The molecule has 7 rings (SSSR count). The second kappa shape index (κ2) is 9.07. The molecule has 0 fully saturated rings. The first-order valence-electron chi connectivity index (χ1n) is 12.5. The third-order valence-electron chi connectivity index (χ3n) is 7.16. The molecule has 0 saturated heterocycles. The third kappa shape index (κ3) is 4.35. The second-order valence-corrected chi connectivity index (χ2v) is 10.7. The Morgan fingerprint density at radius 1 is 0.513 bits per heavy atom. The smallest absolute Gasteiger partial charge is 0.256 e. The lowest BCUT2D eigenvalue weighted by molar-refractivity contribution is -0.137. The maximum atomic E-state index is 12.9. The molecule has 0 N–H and O–H groups in total. The van der Waals surface area contributed by atoms with E-state index in [-0.39, 0.29) is 0 Å². The van der Waals surface area contributed by atoms with Gasteiger partial charge in [-0.3, -0.25) is 4.98 Å². The van der Waals surface area contributed by atoms with Crippen LogP contribution in [-0.4, -0.2) is 4.98 Å². The first kappa shape index (κ1) is 23.6. The Kier molecular flexibility index (Phi) is 5.49. The molecule has 0 amide bonds. The minimum Gasteiger partial charge on any atom is -0.256 e. The molecule has 0 saturated carbocycles. The predicted octanol–water partition coefficient (Wildman–Crippen LogP) is 10.6. The molecule has 2 aromatic heterocycles. The van der Waals surface area contributed by atoms with Crippen molar-refractivity contribution < 1.29 is 13.2 Å². The average molecular weight is 532 g/mol. The van der Waals surface area contributed by atoms with E-state index in [1.54, 1.807) is 0 Å². The van der Waals surface area contributed by atoms with Crippen molar-refractivity contribution >= 4 is 42.4 Å². The minimum absolute atomic E-state index is 0.652. The van der Waals surface area contributed by atoms with Crippen LogP contribution in [0.15, 0.2) is 121 Å². The van der Waals surface area contributed by atoms with E-state index >= 15 is 0 Å². The molecule has 0 aliphatic rings. The highest BCUT2D eigenvalue weighted by Gasteiger charge is 2.30. The van der Waals surface area contributed by atoms with Crippen LogP contribution in [0.5, 0.6) is 0 Å². The highest BCUT2D eigenvalue weighted by Crippen LogP contribution is 2.37. The summed E-state index contributed by atoms with van der Waals surface area (Å²) < 4.78 is 41.3. The van der Waals surface area contributed by atoms with Gasteiger partial charge in [0.25, 0.3) is 0 Å². The van der Waals surface area contributed by atoms with Crippen molar-refractivity contribution in [3.05, 3.63) is 127 Å². The van der Waals surface area contributed by atoms with Crippen LogP contribution in [0, 0.1) is 0 Å². The molecular formula is C34H20F3NS. The molecule has 39 heavy (non-hydrogen) atoms. The van der Waals surface area contributed by atoms with Crippen molar-refractivity contribution in [1.82, 2.24) is 4.98 Å². The van der Waals surface area contributed by atoms with Gasteiger partial charge in [-0.25, -0.2) is 0 Å². The number of thiophene rings is 1. The van der Waals surface area contributed by atoms with Crippen molar-refractivity contribution in [1.29, 1.82) is 0 Å². The SMILES string of the molecule is FC(F)(F)c1ccc(-c2ccc3cc(-c4ccc(-c5ccc6sc7ccccc7c6c5)cc4)cnc3c2)cc1. The van der Waals surface area contributed by atoms with Crippen molar-refractivity contribution in [3.8, 4) is 33.4 Å². The van der Waals surface area contributed by atoms with Gasteiger partial charge in [-0.2, -0.15) is 13.2 Å². The van der Waals surface area contributed by atoms with E-state index in [2.05, 4.69) is 77.8 Å². The molecular weight excluding hydrogens is 511 g/mol. The van der Waals surface area contributed by atoms with Gasteiger partial charge in [0.2, 0.25) is 0 Å². The van der Waals surface area contributed by atoms with E-state index < -0.39 is 11.7 Å². The monoisotopic (exact) mass is 531 g/mol. The van der Waals surface area contributed by atoms with E-state index in [9.17, 15) is 13.2 Å². The predicted molar refractivity (Wildman–Crippen MR) is 156 cm³/mol. The molecule has 0 radical (unpaired) electrons. The van der Waals surface area contributed by atoms with E-state index in [1.807, 2.05) is 35.7 Å². The van der Waals surface area contributed by atoms with Crippen LogP contribution in [0.4, 0.5) is 13.2 Å². The summed E-state index contributed by atoms with van der Waals surface area (Å²) >= 11 is 1.82. The molecule has 0 aliphatic heterocycles. The Hall–Kier alpha value is -4.48. The van der Waals surface area contributed by atoms with E-state index in [0.717, 1.165) is 50.9 Å². The van der Waals surface area contributed by atoms with Gasteiger partial charge < -0.3 is 0 Å². The lowest BCUT2D eigenvalue weighted by Crippen LogP contribution is -2.03. The van der Waals surface area contributed by atoms with Crippen molar-refractivity contribution in [2.45, 2.75) is 6.18 Å². The van der Waals surface area contributed by atoms with Crippen LogP contribution >= 0.6 is 11.3 Å². The van der Waals surface area contributed by atoms with Crippen LogP contribution < -0.4 is 0 Å². The lowest BCUT2D eigenvalue weighted by Gasteiger charge is -2.09. The molecule has 1 nitrogen and oxygen atoms in total. The number of hydrogen-bond donors (Lipinski definition) is 0. The summed E-state index contributed by atoms with van der Waals surface area (Å²) in [6, 6.07) is 36.8. The molecule has 0 bridgehead atoms. The maximum absolute atomic E-state index is 12.9. The quantitative estimate of drug-likeness (QED) is 0.221. The molecule has 188 valence electrons. The summed E-state index contributed by atoms with van der Waals surface area (Å²) in [5, 5.41) is 3.55. The summed E-state index contributed by atoms with van der Waals surface area (Å²) in [5.74, 6) is 0. The molecule has 7 aromatic rings. The van der Waals surface area contributed by atoms with Crippen molar-refractivity contribution in [2.24, 2.45) is 0 Å². The molecule has 0 aliphatic carbocycles. The normalized spacial score (nSPS) is 12.0. The minimum atomic E-state index is -4.34. The van der Waals surface area contributed by atoms with Crippen LogP contribution in [0.25, 0.3) is 64.5 Å². The number of halogens is 3. The molecule has 2 heterocycles. The van der Waals surface area contributed by atoms with Gasteiger partial charge in [-0.15, -0.1) is 11.3 Å². The highest BCUT2D eigenvalue weighted by molar-refractivity contribution is 7.25. The fourth-order valence-corrected chi connectivity index (χ4v) is 6.16. The van der Waals surface area contributed by atoms with Crippen LogP contribution in [0.2, 0.25) is 0 Å². The average Bonchev–Trinajstić information content (AvgIpc) is 3.34. The van der Waals surface area contributed by atoms with Gasteiger partial charge in [0.1, 0.15) is 0 Å². The first-order chi connectivity index (χ1) is 18.9. The molecule has 0 atom stereocenters. The number of benzene rings is 5. The van der Waals surface area contributed by atoms with Crippen molar-refractivity contribution in [2.75, 3.05) is 0 Å². The van der Waals surface area contributed by atoms with Crippen molar-refractivity contribution in [3.63, 3.8) is 0 Å². The summed E-state index contributed by atoms with van der Waals surface area (Å²) in [7, 11) is 0. The van der Waals surface area contributed by atoms with Gasteiger partial charge in [0.15, 0.2) is 0 Å². The topological polar surface area (TPSA) is 12.9 Å². The largest absolute Gasteiger partial charge is 0.416 e. The van der Waals surface area contributed by atoms with Gasteiger partial charge >= 0.3 is 6.18 Å². The molecule has 0 spiro atoms. The van der Waals surface area contributed by atoms with E-state index in [1.165, 1.54) is 37.9 Å². The Labute approximate surface area is 226 Å². The summed E-state index contributed by atoms with van der Waals surface area (Å²) in [6.45, 7) is 0. The maximum Gasteiger partial charge on any atom is 0.416 e. The molecule has 5 aromatic carbocycles. The molecule has 0 unspecified atom stereocenters. The second-order valence-electron chi connectivity index (χ2n) is 9.59. The van der Waals surface area contributed by atoms with Crippen LogP contribution in [-0.2, 0) is 6.18 Å². The zero-order chi connectivity index (χ0) is 26.6. The Morgan fingerprint density at radius 2 is 1.10 bits per heavy atom. The van der Waals surface area contributed by atoms with E-state index in [0.29, 0.717) is 0 Å². The Morgan fingerprint density at radius 3 is 1.85 bits per heavy atom. The fourth-order valence-electron chi connectivity index (χ4n) is 5.07. The lowest BCUT2D eigenvalue weighted by atomic mass is 9.98. The summed E-state index contributed by atoms with van der Waals surface area (Å²) in [4.78, 5) is 4.66. The van der Waals surface area contributed by atoms with Crippen LogP contribution in [0.3, 0.4) is 0 Å². The third-order valence-corrected chi connectivity index (χ3v) is 8.31. The number of rotatable bonds is 3. The zero-order valence-electron chi connectivity index (χ0n) is 20.5. The highest BCUT2D eigenvalue weighted by atomic mass is 32.1. The number of pyridine rings is 1. The van der Waals surface area contributed by atoms with E-state index in [4.69, 9.17) is 0 Å². The van der Waals surface area contributed by atoms with Gasteiger partial charge in [0.05, 0.1) is 11.1 Å². The Bertz CT molecular complexity index is 1990. The number of fused-ring (bicyclic) bond motifs is 4. The number of nitrogens with zero attached hydrogens (tertiary/aromatic N) is 1. The Balaban J connectivity index is 1.17. The van der Waals surface area contributed by atoms with Gasteiger partial charge in [-0.05, 0) is 70.3 Å². The number of aromatic nitrogens is 1. The number of hydrogen-bond acceptors (Lipinski definition) is 2. The van der Waals surface area contributed by atoms with Crippen LogP contribution in [0.1, 0.15) is 5.56 Å². The molecule has 5 heteroatoms. The van der Waals surface area contributed by atoms with Gasteiger partial charge in [-0.1, -0.05) is 72.8 Å². The number of alkyl halides is 3. The fraction of sp³-hybridized carbons (Fsp3) is 0.0294. The standard InChI is InChI=1S/C34H20F3NS/c35-34(36,37)28-14-11-22(12-15-28)25-9-10-26-17-27(20-38-31(26)19-25)23-7-5-21(6-8-23)24-13-16-33-30(18-24)29-3-1-2-4-32(29)39-33/h1-20H. The summed E-state index contributed by atoms with van der Waals surface area (Å²) in [5.41, 5.74) is 6.12.